The smallest absolute Gasteiger partial charge is 0.231 e. The monoisotopic (exact) mass is 318 g/mol. The molecular formula is C21H34O2. The van der Waals surface area contributed by atoms with Crippen molar-refractivity contribution < 1.29 is 9.47 Å². The van der Waals surface area contributed by atoms with Crippen molar-refractivity contribution in [3.8, 4) is 11.5 Å². The molecule has 1 heterocycles. The Morgan fingerprint density at radius 3 is 2.09 bits per heavy atom. The molecule has 0 saturated carbocycles. The fraction of sp³-hybridized carbons (Fsp3) is 0.714. The SMILES string of the molecule is CCCCCCCC(CCCCCC)c1ccc2c(c1)OCO2. The zero-order valence-electron chi connectivity index (χ0n) is 15.1. The Labute approximate surface area is 142 Å². The summed E-state index contributed by atoms with van der Waals surface area (Å²) in [7, 11) is 0. The highest BCUT2D eigenvalue weighted by Gasteiger charge is 2.17. The maximum absolute atomic E-state index is 5.57. The first-order chi connectivity index (χ1) is 11.3. The van der Waals surface area contributed by atoms with Crippen molar-refractivity contribution in [2.45, 2.75) is 90.4 Å². The van der Waals surface area contributed by atoms with E-state index in [4.69, 9.17) is 9.47 Å². The Kier molecular flexibility index (Phi) is 8.35. The summed E-state index contributed by atoms with van der Waals surface area (Å²) in [6.07, 6.45) is 14.8. The normalized spacial score (nSPS) is 14.2. The molecule has 1 aromatic carbocycles. The lowest BCUT2D eigenvalue weighted by Gasteiger charge is -2.18. The molecule has 1 atom stereocenters. The molecule has 1 unspecified atom stereocenters. The van der Waals surface area contributed by atoms with E-state index in [-0.39, 0.29) is 0 Å². The molecule has 0 saturated heterocycles. The van der Waals surface area contributed by atoms with E-state index in [1.807, 2.05) is 0 Å². The highest BCUT2D eigenvalue weighted by molar-refractivity contribution is 5.45. The van der Waals surface area contributed by atoms with Crippen LogP contribution in [0.3, 0.4) is 0 Å². The Morgan fingerprint density at radius 1 is 0.783 bits per heavy atom. The first kappa shape index (κ1) is 18.2. The van der Waals surface area contributed by atoms with E-state index in [9.17, 15) is 0 Å². The molecule has 0 fully saturated rings. The third-order valence-corrected chi connectivity index (χ3v) is 4.93. The Hall–Kier alpha value is -1.18. The average molecular weight is 319 g/mol. The van der Waals surface area contributed by atoms with Gasteiger partial charge in [-0.15, -0.1) is 0 Å². The van der Waals surface area contributed by atoms with Gasteiger partial charge in [-0.05, 0) is 36.5 Å². The summed E-state index contributed by atoms with van der Waals surface area (Å²) in [4.78, 5) is 0. The largest absolute Gasteiger partial charge is 0.454 e. The summed E-state index contributed by atoms with van der Waals surface area (Å²) < 4.78 is 11.0. The lowest BCUT2D eigenvalue weighted by atomic mass is 9.88. The van der Waals surface area contributed by atoms with Crippen molar-refractivity contribution in [1.82, 2.24) is 0 Å². The quantitative estimate of drug-likeness (QED) is 0.393. The third-order valence-electron chi connectivity index (χ3n) is 4.93. The Morgan fingerprint density at radius 2 is 1.39 bits per heavy atom. The van der Waals surface area contributed by atoms with Crippen molar-refractivity contribution in [3.05, 3.63) is 23.8 Å². The summed E-state index contributed by atoms with van der Waals surface area (Å²) in [5, 5.41) is 0. The van der Waals surface area contributed by atoms with E-state index in [2.05, 4.69) is 32.0 Å². The van der Waals surface area contributed by atoms with E-state index in [1.54, 1.807) is 0 Å². The lowest BCUT2D eigenvalue weighted by Crippen LogP contribution is -2.00. The highest BCUT2D eigenvalue weighted by atomic mass is 16.7. The number of hydrogen-bond acceptors (Lipinski definition) is 2. The molecule has 0 spiro atoms. The Bertz CT molecular complexity index is 441. The number of hydrogen-bond donors (Lipinski definition) is 0. The van der Waals surface area contributed by atoms with Crippen LogP contribution in [0.2, 0.25) is 0 Å². The first-order valence-electron chi connectivity index (χ1n) is 9.74. The van der Waals surface area contributed by atoms with E-state index < -0.39 is 0 Å². The minimum absolute atomic E-state index is 0.372. The van der Waals surface area contributed by atoms with Gasteiger partial charge in [0.05, 0.1) is 0 Å². The van der Waals surface area contributed by atoms with Crippen molar-refractivity contribution in [3.63, 3.8) is 0 Å². The van der Waals surface area contributed by atoms with Crippen LogP contribution in [0.4, 0.5) is 0 Å². The molecule has 1 aliphatic heterocycles. The van der Waals surface area contributed by atoms with Crippen molar-refractivity contribution in [1.29, 1.82) is 0 Å². The van der Waals surface area contributed by atoms with Crippen LogP contribution >= 0.6 is 0 Å². The molecule has 0 amide bonds. The summed E-state index contributed by atoms with van der Waals surface area (Å²) in [5.41, 5.74) is 1.45. The van der Waals surface area contributed by atoms with Crippen molar-refractivity contribution in [2.24, 2.45) is 0 Å². The van der Waals surface area contributed by atoms with Crippen LogP contribution < -0.4 is 9.47 Å². The predicted octanol–water partition coefficient (Wildman–Crippen LogP) is 6.83. The molecule has 0 aliphatic carbocycles. The van der Waals surface area contributed by atoms with Gasteiger partial charge in [-0.2, -0.15) is 0 Å². The number of unbranched alkanes of at least 4 members (excludes halogenated alkanes) is 7. The summed E-state index contributed by atoms with van der Waals surface area (Å²) in [6.45, 7) is 4.93. The maximum atomic E-state index is 5.57. The molecule has 0 aromatic heterocycles. The summed E-state index contributed by atoms with van der Waals surface area (Å²) in [5.74, 6) is 2.52. The van der Waals surface area contributed by atoms with Crippen LogP contribution in [0, 0.1) is 0 Å². The Balaban J connectivity index is 1.88. The third kappa shape index (κ3) is 6.08. The molecule has 0 radical (unpaired) electrons. The van der Waals surface area contributed by atoms with Gasteiger partial charge in [-0.25, -0.2) is 0 Å². The fourth-order valence-electron chi connectivity index (χ4n) is 3.46. The van der Waals surface area contributed by atoms with Gasteiger partial charge in [-0.3, -0.25) is 0 Å². The van der Waals surface area contributed by atoms with Gasteiger partial charge in [0.15, 0.2) is 11.5 Å². The molecule has 1 aliphatic rings. The van der Waals surface area contributed by atoms with E-state index in [0.29, 0.717) is 12.7 Å². The van der Waals surface area contributed by atoms with Crippen LogP contribution in [0.25, 0.3) is 0 Å². The second kappa shape index (κ2) is 10.6. The van der Waals surface area contributed by atoms with E-state index in [1.165, 1.54) is 76.2 Å². The number of ether oxygens (including phenoxy) is 2. The second-order valence-electron chi connectivity index (χ2n) is 6.86. The number of fused-ring (bicyclic) bond motifs is 1. The van der Waals surface area contributed by atoms with Gasteiger partial charge in [0, 0.05) is 0 Å². The number of benzene rings is 1. The van der Waals surface area contributed by atoms with Crippen LogP contribution in [-0.2, 0) is 0 Å². The van der Waals surface area contributed by atoms with Crippen LogP contribution in [0.1, 0.15) is 96.0 Å². The summed E-state index contributed by atoms with van der Waals surface area (Å²) in [6, 6.07) is 6.57. The topological polar surface area (TPSA) is 18.5 Å². The van der Waals surface area contributed by atoms with Crippen molar-refractivity contribution in [2.75, 3.05) is 6.79 Å². The maximum Gasteiger partial charge on any atom is 0.231 e. The summed E-state index contributed by atoms with van der Waals surface area (Å²) >= 11 is 0. The van der Waals surface area contributed by atoms with Crippen LogP contribution in [-0.4, -0.2) is 6.79 Å². The first-order valence-corrected chi connectivity index (χ1v) is 9.74. The van der Waals surface area contributed by atoms with Crippen LogP contribution in [0.15, 0.2) is 18.2 Å². The van der Waals surface area contributed by atoms with Crippen molar-refractivity contribution >= 4 is 0 Å². The van der Waals surface area contributed by atoms with Gasteiger partial charge in [0.2, 0.25) is 6.79 Å². The molecule has 0 N–H and O–H groups in total. The molecule has 2 rings (SSSR count). The second-order valence-corrected chi connectivity index (χ2v) is 6.86. The van der Waals surface area contributed by atoms with Gasteiger partial charge in [0.25, 0.3) is 0 Å². The van der Waals surface area contributed by atoms with E-state index >= 15 is 0 Å². The molecular weight excluding hydrogens is 284 g/mol. The number of rotatable bonds is 12. The minimum Gasteiger partial charge on any atom is -0.454 e. The molecule has 130 valence electrons. The van der Waals surface area contributed by atoms with Gasteiger partial charge in [0.1, 0.15) is 0 Å². The van der Waals surface area contributed by atoms with E-state index in [0.717, 1.165) is 11.5 Å². The van der Waals surface area contributed by atoms with Gasteiger partial charge < -0.3 is 9.47 Å². The minimum atomic E-state index is 0.372. The molecule has 2 nitrogen and oxygen atoms in total. The van der Waals surface area contributed by atoms with Gasteiger partial charge >= 0.3 is 0 Å². The zero-order chi connectivity index (χ0) is 16.3. The fourth-order valence-corrected chi connectivity index (χ4v) is 3.46. The molecule has 23 heavy (non-hydrogen) atoms. The van der Waals surface area contributed by atoms with Crippen LogP contribution in [0.5, 0.6) is 11.5 Å². The zero-order valence-corrected chi connectivity index (χ0v) is 15.1. The molecule has 0 bridgehead atoms. The average Bonchev–Trinajstić information content (AvgIpc) is 3.04. The standard InChI is InChI=1S/C21H34O2/c1-3-5-7-9-11-13-18(12-10-8-6-4-2)19-14-15-20-21(16-19)23-17-22-20/h14-16,18H,3-13,17H2,1-2H3. The highest BCUT2D eigenvalue weighted by Crippen LogP contribution is 2.37. The predicted molar refractivity (Wildman–Crippen MR) is 97.4 cm³/mol. The van der Waals surface area contributed by atoms with Gasteiger partial charge in [-0.1, -0.05) is 77.7 Å². The molecule has 2 heteroatoms. The molecule has 1 aromatic rings. The lowest BCUT2D eigenvalue weighted by molar-refractivity contribution is 0.174.